The third-order valence-corrected chi connectivity index (χ3v) is 4.15. The van der Waals surface area contributed by atoms with E-state index >= 15 is 0 Å². The Balaban J connectivity index is 1.68. The van der Waals surface area contributed by atoms with Gasteiger partial charge in [-0.15, -0.1) is 0 Å². The largest absolute Gasteiger partial charge is 0.381 e. The second-order valence-corrected chi connectivity index (χ2v) is 5.49. The molecule has 0 bridgehead atoms. The fourth-order valence-corrected chi connectivity index (χ4v) is 2.81. The molecule has 4 nitrogen and oxygen atoms in total. The molecule has 2 heterocycles. The minimum atomic E-state index is 0.000455. The highest BCUT2D eigenvalue weighted by Gasteiger charge is 2.22. The van der Waals surface area contributed by atoms with Gasteiger partial charge in [0.05, 0.1) is 0 Å². The normalized spacial score (nSPS) is 18.1. The first-order valence-electron chi connectivity index (χ1n) is 7.20. The van der Waals surface area contributed by atoms with Gasteiger partial charge in [-0.05, 0) is 49.3 Å². The fourth-order valence-electron chi connectivity index (χ4n) is 2.81. The lowest BCUT2D eigenvalue weighted by molar-refractivity contribution is 0.0538. The number of hydrogen-bond acceptors (Lipinski definition) is 2. The van der Waals surface area contributed by atoms with Crippen molar-refractivity contribution in [2.24, 2.45) is 5.92 Å². The van der Waals surface area contributed by atoms with Crippen molar-refractivity contribution in [3.8, 4) is 0 Å². The molecule has 1 aliphatic heterocycles. The molecule has 106 valence electrons. The van der Waals surface area contributed by atoms with Crippen molar-refractivity contribution < 1.29 is 9.53 Å². The van der Waals surface area contributed by atoms with Gasteiger partial charge in [0.15, 0.2) is 0 Å². The minimum absolute atomic E-state index is 0.000455. The van der Waals surface area contributed by atoms with E-state index in [-0.39, 0.29) is 11.9 Å². The molecule has 1 amide bonds. The van der Waals surface area contributed by atoms with Gasteiger partial charge in [-0.2, -0.15) is 0 Å². The molecule has 0 radical (unpaired) electrons. The predicted molar refractivity (Wildman–Crippen MR) is 78.8 cm³/mol. The highest BCUT2D eigenvalue weighted by atomic mass is 16.5. The molecule has 1 aromatic carbocycles. The number of ether oxygens (including phenoxy) is 1. The van der Waals surface area contributed by atoms with E-state index < -0.39 is 0 Å². The summed E-state index contributed by atoms with van der Waals surface area (Å²) in [6.45, 7) is 3.69. The maximum atomic E-state index is 12.3. The molecule has 2 N–H and O–H groups in total. The Morgan fingerprint density at radius 3 is 2.95 bits per heavy atom. The molecule has 1 atom stereocenters. The van der Waals surface area contributed by atoms with E-state index in [4.69, 9.17) is 4.74 Å². The van der Waals surface area contributed by atoms with E-state index in [1.54, 1.807) is 0 Å². The maximum absolute atomic E-state index is 12.3. The molecule has 1 saturated heterocycles. The van der Waals surface area contributed by atoms with Crippen LogP contribution < -0.4 is 5.32 Å². The number of rotatable bonds is 3. The Morgan fingerprint density at radius 1 is 1.35 bits per heavy atom. The van der Waals surface area contributed by atoms with Crippen LogP contribution in [0, 0.1) is 5.92 Å². The summed E-state index contributed by atoms with van der Waals surface area (Å²) in [5.41, 5.74) is 1.70. The average molecular weight is 272 g/mol. The Kier molecular flexibility index (Phi) is 3.74. The number of hydrogen-bond donors (Lipinski definition) is 2. The van der Waals surface area contributed by atoms with Crippen molar-refractivity contribution in [1.29, 1.82) is 0 Å². The van der Waals surface area contributed by atoms with Gasteiger partial charge < -0.3 is 15.0 Å². The van der Waals surface area contributed by atoms with Gasteiger partial charge in [-0.1, -0.05) is 6.07 Å². The molecule has 3 rings (SSSR count). The van der Waals surface area contributed by atoms with Crippen LogP contribution in [0.15, 0.2) is 30.5 Å². The molecule has 0 saturated carbocycles. The standard InChI is InChI=1S/C16H20N2O2/c1-11(12-5-8-20-9-6-12)18-16(19)14-3-2-13-4-7-17-15(13)10-14/h2-4,7,10-12,17H,5-6,8-9H2,1H3,(H,18,19). The van der Waals surface area contributed by atoms with Gasteiger partial charge in [0.25, 0.3) is 5.91 Å². The molecule has 4 heteroatoms. The molecule has 1 fully saturated rings. The Hall–Kier alpha value is -1.81. The van der Waals surface area contributed by atoms with E-state index in [9.17, 15) is 4.79 Å². The molecular weight excluding hydrogens is 252 g/mol. The van der Waals surface area contributed by atoms with Gasteiger partial charge in [-0.25, -0.2) is 0 Å². The molecule has 0 spiro atoms. The lowest BCUT2D eigenvalue weighted by Crippen LogP contribution is -2.40. The Morgan fingerprint density at radius 2 is 2.15 bits per heavy atom. The zero-order valence-electron chi connectivity index (χ0n) is 11.7. The zero-order chi connectivity index (χ0) is 13.9. The molecule has 1 aliphatic rings. The highest BCUT2D eigenvalue weighted by Crippen LogP contribution is 2.19. The third-order valence-electron chi connectivity index (χ3n) is 4.15. The van der Waals surface area contributed by atoms with Crippen molar-refractivity contribution >= 4 is 16.8 Å². The lowest BCUT2D eigenvalue weighted by Gasteiger charge is -2.28. The van der Waals surface area contributed by atoms with Crippen LogP contribution in [-0.2, 0) is 4.74 Å². The second-order valence-electron chi connectivity index (χ2n) is 5.49. The van der Waals surface area contributed by atoms with E-state index in [1.165, 1.54) is 0 Å². The SMILES string of the molecule is CC(NC(=O)c1ccc2cc[nH]c2c1)C1CCOCC1. The van der Waals surface area contributed by atoms with Crippen LogP contribution in [0.3, 0.4) is 0 Å². The molecule has 1 aromatic heterocycles. The van der Waals surface area contributed by atoms with E-state index in [1.807, 2.05) is 30.5 Å². The summed E-state index contributed by atoms with van der Waals surface area (Å²) in [5, 5.41) is 4.24. The van der Waals surface area contributed by atoms with E-state index in [0.29, 0.717) is 11.5 Å². The van der Waals surface area contributed by atoms with Crippen molar-refractivity contribution in [2.45, 2.75) is 25.8 Å². The summed E-state index contributed by atoms with van der Waals surface area (Å²) < 4.78 is 5.36. The third kappa shape index (κ3) is 2.70. The number of benzene rings is 1. The van der Waals surface area contributed by atoms with Gasteiger partial charge in [-0.3, -0.25) is 4.79 Å². The summed E-state index contributed by atoms with van der Waals surface area (Å²) >= 11 is 0. The number of aromatic amines is 1. The highest BCUT2D eigenvalue weighted by molar-refractivity contribution is 5.98. The van der Waals surface area contributed by atoms with Crippen LogP contribution >= 0.6 is 0 Å². The van der Waals surface area contributed by atoms with Gasteiger partial charge in [0, 0.05) is 36.5 Å². The van der Waals surface area contributed by atoms with Crippen LogP contribution in [0.5, 0.6) is 0 Å². The van der Waals surface area contributed by atoms with Gasteiger partial charge in [0.1, 0.15) is 0 Å². The van der Waals surface area contributed by atoms with Gasteiger partial charge >= 0.3 is 0 Å². The van der Waals surface area contributed by atoms with Crippen molar-refractivity contribution in [1.82, 2.24) is 10.3 Å². The summed E-state index contributed by atoms with van der Waals surface area (Å²) in [4.78, 5) is 15.4. The zero-order valence-corrected chi connectivity index (χ0v) is 11.7. The average Bonchev–Trinajstić information content (AvgIpc) is 2.95. The smallest absolute Gasteiger partial charge is 0.251 e. The van der Waals surface area contributed by atoms with Crippen LogP contribution in [-0.4, -0.2) is 30.1 Å². The first-order valence-corrected chi connectivity index (χ1v) is 7.20. The lowest BCUT2D eigenvalue weighted by atomic mass is 9.93. The number of carbonyl (C=O) groups is 1. The number of carbonyl (C=O) groups excluding carboxylic acids is 1. The predicted octanol–water partition coefficient (Wildman–Crippen LogP) is 2.71. The molecule has 1 unspecified atom stereocenters. The number of H-pyrrole nitrogens is 1. The van der Waals surface area contributed by atoms with Crippen molar-refractivity contribution in [2.75, 3.05) is 13.2 Å². The quantitative estimate of drug-likeness (QED) is 0.902. The van der Waals surface area contributed by atoms with Crippen LogP contribution in [0.1, 0.15) is 30.1 Å². The summed E-state index contributed by atoms with van der Waals surface area (Å²) in [6.07, 6.45) is 3.94. The molecule has 2 aromatic rings. The topological polar surface area (TPSA) is 54.1 Å². The first kappa shape index (κ1) is 13.2. The Labute approximate surface area is 118 Å². The monoisotopic (exact) mass is 272 g/mol. The van der Waals surface area contributed by atoms with Crippen molar-refractivity contribution in [3.63, 3.8) is 0 Å². The number of nitrogens with one attached hydrogen (secondary N) is 2. The van der Waals surface area contributed by atoms with Gasteiger partial charge in [0.2, 0.25) is 0 Å². The van der Waals surface area contributed by atoms with Crippen LogP contribution in [0.25, 0.3) is 10.9 Å². The number of aromatic nitrogens is 1. The second kappa shape index (κ2) is 5.67. The fraction of sp³-hybridized carbons (Fsp3) is 0.438. The number of amides is 1. The Bertz CT molecular complexity index is 599. The molecule has 20 heavy (non-hydrogen) atoms. The maximum Gasteiger partial charge on any atom is 0.251 e. The summed E-state index contributed by atoms with van der Waals surface area (Å²) in [6, 6.07) is 7.94. The van der Waals surface area contributed by atoms with E-state index in [2.05, 4.69) is 17.2 Å². The minimum Gasteiger partial charge on any atom is -0.381 e. The molecule has 0 aliphatic carbocycles. The van der Waals surface area contributed by atoms with Crippen LogP contribution in [0.2, 0.25) is 0 Å². The summed E-state index contributed by atoms with van der Waals surface area (Å²) in [5.74, 6) is 0.516. The van der Waals surface area contributed by atoms with Crippen molar-refractivity contribution in [3.05, 3.63) is 36.0 Å². The first-order chi connectivity index (χ1) is 9.74. The number of fused-ring (bicyclic) bond motifs is 1. The van der Waals surface area contributed by atoms with Crippen LogP contribution in [0.4, 0.5) is 0 Å². The molecular formula is C16H20N2O2. The summed E-state index contributed by atoms with van der Waals surface area (Å²) in [7, 11) is 0. The van der Waals surface area contributed by atoms with E-state index in [0.717, 1.165) is 37.0 Å².